The van der Waals surface area contributed by atoms with Gasteiger partial charge >= 0.3 is 57.0 Å². The molecule has 3 aromatic carbocycles. The molecule has 0 aliphatic carbocycles. The number of hydrogen-bond acceptors (Lipinski definition) is 9. The van der Waals surface area contributed by atoms with Gasteiger partial charge in [-0.1, -0.05) is 25.0 Å². The van der Waals surface area contributed by atoms with Crippen molar-refractivity contribution in [1.82, 2.24) is 0 Å². The quantitative estimate of drug-likeness (QED) is 0.0819. The maximum atomic E-state index is 11.7. The maximum absolute atomic E-state index is 11.7. The molecule has 0 atom stereocenters. The number of carbonyl (C=O) groups is 2. The van der Waals surface area contributed by atoms with Crippen LogP contribution in [0.5, 0.6) is 5.75 Å². The number of amides is 1. The number of azo groups is 1. The number of fused-ring (bicyclic) bond motifs is 1. The Morgan fingerprint density at radius 2 is 1.57 bits per heavy atom. The van der Waals surface area contributed by atoms with Crippen molar-refractivity contribution in [2.24, 2.45) is 16.0 Å². The summed E-state index contributed by atoms with van der Waals surface area (Å²) in [5.41, 5.74) is 15.5. The normalized spacial score (nSPS) is 10.2. The minimum absolute atomic E-state index is 0. The Labute approximate surface area is 311 Å². The number of nitrogens with two attached hydrogens (primary N) is 1. The number of benzene rings is 3. The van der Waals surface area contributed by atoms with Crippen molar-refractivity contribution in [2.75, 3.05) is 25.5 Å². The van der Waals surface area contributed by atoms with Gasteiger partial charge in [0.1, 0.15) is 11.3 Å². The van der Waals surface area contributed by atoms with Crippen LogP contribution in [0.25, 0.3) is 16.7 Å². The number of aromatic hydroxyl groups is 1. The first-order chi connectivity index (χ1) is 21.4. The number of ketones is 1. The van der Waals surface area contributed by atoms with Crippen molar-refractivity contribution >= 4 is 46.0 Å². The first kappa shape index (κ1) is 40.4. The van der Waals surface area contributed by atoms with E-state index in [1.807, 2.05) is 49.5 Å². The fourth-order valence-electron chi connectivity index (χ4n) is 3.91. The zero-order chi connectivity index (χ0) is 33.4. The van der Waals surface area contributed by atoms with Crippen LogP contribution in [0.4, 0.5) is 17.1 Å². The van der Waals surface area contributed by atoms with E-state index in [-0.39, 0.29) is 75.2 Å². The molecule has 1 amide bonds. The van der Waals surface area contributed by atoms with E-state index >= 15 is 0 Å². The molecule has 4 aromatic rings. The molecule has 0 unspecified atom stereocenters. The van der Waals surface area contributed by atoms with Gasteiger partial charge in [0.25, 0.3) is 0 Å². The Bertz CT molecular complexity index is 1650. The summed E-state index contributed by atoms with van der Waals surface area (Å²) in [5, 5.41) is 18.3. The minimum atomic E-state index is -0.558. The monoisotopic (exact) mass is 651 g/mol. The summed E-state index contributed by atoms with van der Waals surface area (Å²) in [6.07, 6.45) is 4.93. The number of phenols is 1. The first-order valence-corrected chi connectivity index (χ1v) is 14.2. The second-order valence-corrected chi connectivity index (χ2v) is 10.2. The van der Waals surface area contributed by atoms with Crippen molar-refractivity contribution < 1.29 is 75.3 Å². The molecule has 0 saturated carbocycles. The van der Waals surface area contributed by atoms with Crippen LogP contribution in [-0.4, -0.2) is 43.7 Å². The molecule has 1 aromatic heterocycles. The molecule has 0 fully saturated rings. The third kappa shape index (κ3) is 14.2. The average molecular weight is 652 g/mol. The molecule has 1 heterocycles. The van der Waals surface area contributed by atoms with Crippen LogP contribution in [-0.2, 0) is 20.8 Å². The average Bonchev–Trinajstić information content (AvgIpc) is 3.01. The van der Waals surface area contributed by atoms with Crippen LogP contribution in [0, 0.1) is 13.8 Å². The van der Waals surface area contributed by atoms with Gasteiger partial charge in [-0.25, -0.2) is 4.79 Å². The van der Waals surface area contributed by atoms with Crippen LogP contribution in [0.15, 0.2) is 86.2 Å². The molecule has 4 N–H and O–H groups in total. The number of hydrogen-bond donors (Lipinski definition) is 2. The molecule has 0 spiro atoms. The van der Waals surface area contributed by atoms with Crippen molar-refractivity contribution in [3.05, 3.63) is 106 Å². The van der Waals surface area contributed by atoms with E-state index in [2.05, 4.69) is 17.2 Å². The Hall–Kier alpha value is -3.65. The molecule has 12 heteroatoms. The summed E-state index contributed by atoms with van der Waals surface area (Å²) in [7, 11) is 3.98. The van der Waals surface area contributed by atoms with Crippen LogP contribution in [0.2, 0.25) is 0 Å². The van der Waals surface area contributed by atoms with Crippen LogP contribution < -0.4 is 67.6 Å². The molecule has 0 saturated heterocycles. The molecule has 0 bridgehead atoms. The Morgan fingerprint density at radius 1 is 0.978 bits per heavy atom. The van der Waals surface area contributed by atoms with Gasteiger partial charge < -0.3 is 42.4 Å². The second kappa shape index (κ2) is 21.2. The van der Waals surface area contributed by atoms with Gasteiger partial charge in [-0.2, -0.15) is 34.5 Å². The van der Waals surface area contributed by atoms with Gasteiger partial charge in [0.2, 0.25) is 5.91 Å². The largest absolute Gasteiger partial charge is 1.00 e. The van der Waals surface area contributed by atoms with E-state index in [4.69, 9.17) is 15.9 Å². The Kier molecular flexibility index (Phi) is 18.6. The topological polar surface area (TPSA) is 179 Å². The molecular formula is C34H38KN5O6-2. The van der Waals surface area contributed by atoms with Crippen molar-refractivity contribution in [2.45, 2.75) is 39.0 Å². The zero-order valence-electron chi connectivity index (χ0n) is 26.7. The number of Topliss-reactive ketones (excluding diaryl/α,β-unsaturated/α-hetero) is 1. The number of nitrogens with one attached hydrogen (secondary N) is 1. The van der Waals surface area contributed by atoms with E-state index in [0.717, 1.165) is 30.6 Å². The van der Waals surface area contributed by atoms with E-state index in [9.17, 15) is 24.3 Å². The minimum Gasteiger partial charge on any atom is -0.677 e. The van der Waals surface area contributed by atoms with Gasteiger partial charge in [0, 0.05) is 55.4 Å². The van der Waals surface area contributed by atoms with E-state index in [1.54, 1.807) is 37.3 Å². The van der Waals surface area contributed by atoms with Crippen molar-refractivity contribution in [1.29, 1.82) is 0 Å². The molecule has 46 heavy (non-hydrogen) atoms. The summed E-state index contributed by atoms with van der Waals surface area (Å²) in [6, 6.07) is 19.1. The maximum Gasteiger partial charge on any atom is 1.00 e. The summed E-state index contributed by atoms with van der Waals surface area (Å²) < 4.78 is 5.06. The van der Waals surface area contributed by atoms with Gasteiger partial charge in [0.15, 0.2) is 0 Å². The van der Waals surface area contributed by atoms with Crippen LogP contribution >= 0.6 is 0 Å². The standard InChI is InChI=1S/C15H14N3O.C13H11O4.C6H13N2O.K/c1-18(2)15-9-7-14(8-10-15)17-16-13-5-3-12(11-19)4-6-13;1-7(14)5-11-8(2)10-4-3-9(15)6-12(10)17-13(11)16;7-5-3-1-2-4-6(8)9;/h3-10H,1-2H3;3-4,6,15H,1,5H2,2H3;7H,1-5H2,(H2,8,9);/q3*-1;+1. The molecule has 0 aliphatic heterocycles. The molecule has 0 radical (unpaired) electrons. The molecule has 0 aliphatic rings. The Balaban J connectivity index is 0.000000363. The number of phenolic OH excluding ortho intramolecular Hbond substituents is 1. The first-order valence-electron chi connectivity index (χ1n) is 14.2. The summed E-state index contributed by atoms with van der Waals surface area (Å²) >= 11 is 0. The van der Waals surface area contributed by atoms with Gasteiger partial charge in [0.05, 0.1) is 17.7 Å². The smallest absolute Gasteiger partial charge is 0.677 e. The summed E-state index contributed by atoms with van der Waals surface area (Å²) in [6.45, 7) is 5.45. The Morgan fingerprint density at radius 3 is 2.07 bits per heavy atom. The van der Waals surface area contributed by atoms with E-state index in [0.29, 0.717) is 46.3 Å². The predicted octanol–water partition coefficient (Wildman–Crippen LogP) is 3.47. The molecular weight excluding hydrogens is 614 g/mol. The zero-order valence-corrected chi connectivity index (χ0v) is 29.8. The van der Waals surface area contributed by atoms with Crippen LogP contribution in [0.1, 0.15) is 42.4 Å². The number of unbranched alkanes of at least 4 members (excludes halogenated alkanes) is 2. The number of carbonyl (C=O) groups excluding carboxylic acids is 3. The number of nitrogens with zero attached hydrogens (tertiary/aromatic N) is 3. The van der Waals surface area contributed by atoms with Gasteiger partial charge in [-0.05, 0) is 55.3 Å². The third-order valence-corrected chi connectivity index (χ3v) is 6.38. The van der Waals surface area contributed by atoms with E-state index in [1.165, 1.54) is 12.1 Å². The number of rotatable bonds is 11. The van der Waals surface area contributed by atoms with Gasteiger partial charge in [-0.3, -0.25) is 4.79 Å². The van der Waals surface area contributed by atoms with Crippen LogP contribution in [0.3, 0.4) is 0 Å². The molecule has 4 rings (SSSR count). The van der Waals surface area contributed by atoms with E-state index < -0.39 is 5.63 Å². The van der Waals surface area contributed by atoms with Crippen molar-refractivity contribution in [3.63, 3.8) is 0 Å². The SMILES string of the molecule is CN(C)c1ccc(N=Nc2ccc([C-]=O)cc2)cc1.[CH2-]C(=O)Cc1c(C)c2ccc(O)cc2oc1=O.[K+].[NH-]CCCCCC(N)=O. The number of primary amides is 1. The third-order valence-electron chi connectivity index (χ3n) is 6.38. The van der Waals surface area contributed by atoms with Crippen molar-refractivity contribution in [3.8, 4) is 5.75 Å². The fraction of sp³-hybridized carbons (Fsp3) is 0.265. The second-order valence-electron chi connectivity index (χ2n) is 10.2. The van der Waals surface area contributed by atoms with Gasteiger partial charge in [-0.15, -0.1) is 0 Å². The number of aryl methyl sites for hydroxylation is 1. The summed E-state index contributed by atoms with van der Waals surface area (Å²) in [4.78, 5) is 45.2. The molecule has 11 nitrogen and oxygen atoms in total. The predicted molar refractivity (Wildman–Crippen MR) is 176 cm³/mol. The fourth-order valence-corrected chi connectivity index (χ4v) is 3.91. The number of anilines is 1. The molecule has 238 valence electrons. The summed E-state index contributed by atoms with van der Waals surface area (Å²) in [5.74, 6) is -0.542.